The second-order valence-electron chi connectivity index (χ2n) is 4.29. The lowest BCUT2D eigenvalue weighted by Crippen LogP contribution is -2.20. The molecule has 1 atom stereocenters. The summed E-state index contributed by atoms with van der Waals surface area (Å²) in [6.45, 7) is 2.89. The van der Waals surface area contributed by atoms with Crippen LogP contribution in [-0.4, -0.2) is 9.78 Å². The average molecular weight is 240 g/mol. The van der Waals surface area contributed by atoms with Crippen LogP contribution in [0.1, 0.15) is 29.8 Å². The van der Waals surface area contributed by atoms with Gasteiger partial charge in [-0.1, -0.05) is 12.1 Å². The fraction of sp³-hybridized carbons (Fsp3) is 0.286. The van der Waals surface area contributed by atoms with E-state index >= 15 is 0 Å². The number of nitrogens with zero attached hydrogens (tertiary/aromatic N) is 3. The fourth-order valence-electron chi connectivity index (χ4n) is 1.88. The third-order valence-corrected chi connectivity index (χ3v) is 3.00. The second-order valence-corrected chi connectivity index (χ2v) is 4.29. The molecule has 0 aliphatic rings. The summed E-state index contributed by atoms with van der Waals surface area (Å²) < 4.78 is 1.87. The van der Waals surface area contributed by atoms with E-state index in [1.807, 2.05) is 42.1 Å². The van der Waals surface area contributed by atoms with Gasteiger partial charge in [-0.25, -0.2) is 0 Å². The molecule has 1 aromatic carbocycles. The van der Waals surface area contributed by atoms with E-state index in [2.05, 4.69) is 23.4 Å². The van der Waals surface area contributed by atoms with Crippen LogP contribution in [0.2, 0.25) is 0 Å². The van der Waals surface area contributed by atoms with Crippen molar-refractivity contribution < 1.29 is 0 Å². The van der Waals surface area contributed by atoms with Gasteiger partial charge in [-0.3, -0.25) is 4.68 Å². The van der Waals surface area contributed by atoms with Gasteiger partial charge in [0.05, 0.1) is 17.3 Å². The molecule has 0 radical (unpaired) electrons. The van der Waals surface area contributed by atoms with E-state index in [4.69, 9.17) is 5.26 Å². The Bertz CT molecular complexity index is 548. The fourth-order valence-corrected chi connectivity index (χ4v) is 1.88. The minimum atomic E-state index is 0.244. The maximum absolute atomic E-state index is 8.73. The van der Waals surface area contributed by atoms with Crippen molar-refractivity contribution in [1.82, 2.24) is 15.1 Å². The van der Waals surface area contributed by atoms with Crippen LogP contribution in [0.4, 0.5) is 0 Å². The molecule has 1 heterocycles. The minimum absolute atomic E-state index is 0.244. The van der Waals surface area contributed by atoms with Crippen molar-refractivity contribution in [1.29, 1.82) is 5.26 Å². The molecule has 1 N–H and O–H groups in total. The zero-order chi connectivity index (χ0) is 13.0. The quantitative estimate of drug-likeness (QED) is 0.890. The molecular formula is C14H16N4. The number of nitriles is 1. The topological polar surface area (TPSA) is 53.6 Å². The molecular weight excluding hydrogens is 224 g/mol. The molecule has 0 fully saturated rings. The van der Waals surface area contributed by atoms with Crippen molar-refractivity contribution in [2.75, 3.05) is 0 Å². The number of hydrogen-bond donors (Lipinski definition) is 1. The Balaban J connectivity index is 1.95. The predicted molar refractivity (Wildman–Crippen MR) is 69.6 cm³/mol. The molecule has 1 aromatic heterocycles. The Morgan fingerprint density at radius 3 is 2.61 bits per heavy atom. The molecule has 0 aliphatic carbocycles. The molecule has 0 saturated carbocycles. The molecule has 0 bridgehead atoms. The Morgan fingerprint density at radius 1 is 1.33 bits per heavy atom. The molecule has 1 unspecified atom stereocenters. The van der Waals surface area contributed by atoms with Gasteiger partial charge in [0.15, 0.2) is 0 Å². The summed E-state index contributed by atoms with van der Waals surface area (Å²) in [5, 5.41) is 16.3. The van der Waals surface area contributed by atoms with Crippen LogP contribution in [-0.2, 0) is 13.6 Å². The molecule has 18 heavy (non-hydrogen) atoms. The Labute approximate surface area is 107 Å². The molecule has 4 heteroatoms. The summed E-state index contributed by atoms with van der Waals surface area (Å²) in [5.41, 5.74) is 3.02. The third-order valence-electron chi connectivity index (χ3n) is 3.00. The van der Waals surface area contributed by atoms with E-state index < -0.39 is 0 Å². The SMILES string of the molecule is CC(NCc1ccc(C#N)cc1)c1ccnn1C. The first kappa shape index (κ1) is 12.3. The van der Waals surface area contributed by atoms with E-state index in [0.717, 1.165) is 12.2 Å². The van der Waals surface area contributed by atoms with Crippen molar-refractivity contribution in [3.05, 3.63) is 53.3 Å². The van der Waals surface area contributed by atoms with Crippen molar-refractivity contribution in [2.24, 2.45) is 7.05 Å². The Hall–Kier alpha value is -2.12. The number of aromatic nitrogens is 2. The minimum Gasteiger partial charge on any atom is -0.305 e. The standard InChI is InChI=1S/C14H16N4/c1-11(14-7-8-17-18(14)2)16-10-13-5-3-12(9-15)4-6-13/h3-8,11,16H,10H2,1-2H3. The summed E-state index contributed by atoms with van der Waals surface area (Å²) in [4.78, 5) is 0. The van der Waals surface area contributed by atoms with Gasteiger partial charge in [-0.05, 0) is 30.7 Å². The monoisotopic (exact) mass is 240 g/mol. The maximum atomic E-state index is 8.73. The average Bonchev–Trinajstić information content (AvgIpc) is 2.83. The second kappa shape index (κ2) is 5.48. The zero-order valence-electron chi connectivity index (χ0n) is 10.6. The number of aryl methyl sites for hydroxylation is 1. The van der Waals surface area contributed by atoms with Crippen molar-refractivity contribution >= 4 is 0 Å². The smallest absolute Gasteiger partial charge is 0.0991 e. The van der Waals surface area contributed by atoms with Gasteiger partial charge in [0.2, 0.25) is 0 Å². The molecule has 4 nitrogen and oxygen atoms in total. The first-order chi connectivity index (χ1) is 8.70. The van der Waals surface area contributed by atoms with E-state index in [9.17, 15) is 0 Å². The van der Waals surface area contributed by atoms with Crippen molar-refractivity contribution in [3.63, 3.8) is 0 Å². The summed E-state index contributed by atoms with van der Waals surface area (Å²) in [7, 11) is 1.94. The first-order valence-electron chi connectivity index (χ1n) is 5.91. The van der Waals surface area contributed by atoms with E-state index in [1.54, 1.807) is 6.20 Å². The van der Waals surface area contributed by atoms with Crippen LogP contribution in [0, 0.1) is 11.3 Å². The summed E-state index contributed by atoms with van der Waals surface area (Å²) >= 11 is 0. The van der Waals surface area contributed by atoms with Crippen LogP contribution in [0.25, 0.3) is 0 Å². The predicted octanol–water partition coefficient (Wildman–Crippen LogP) is 2.14. The van der Waals surface area contributed by atoms with Crippen LogP contribution in [0.15, 0.2) is 36.5 Å². The van der Waals surface area contributed by atoms with Crippen LogP contribution in [0.5, 0.6) is 0 Å². The van der Waals surface area contributed by atoms with Gasteiger partial charge in [-0.15, -0.1) is 0 Å². The zero-order valence-corrected chi connectivity index (χ0v) is 10.6. The third kappa shape index (κ3) is 2.76. The number of benzene rings is 1. The van der Waals surface area contributed by atoms with E-state index in [-0.39, 0.29) is 6.04 Å². The van der Waals surface area contributed by atoms with Gasteiger partial charge in [0, 0.05) is 25.8 Å². The van der Waals surface area contributed by atoms with Crippen molar-refractivity contribution in [2.45, 2.75) is 19.5 Å². The molecule has 0 saturated heterocycles. The highest BCUT2D eigenvalue weighted by molar-refractivity contribution is 5.31. The Morgan fingerprint density at radius 2 is 2.06 bits per heavy atom. The molecule has 0 aliphatic heterocycles. The molecule has 0 amide bonds. The Kier molecular flexibility index (Phi) is 3.75. The molecule has 2 rings (SSSR count). The van der Waals surface area contributed by atoms with Crippen LogP contribution in [0.3, 0.4) is 0 Å². The molecule has 2 aromatic rings. The van der Waals surface area contributed by atoms with Gasteiger partial charge in [0.25, 0.3) is 0 Å². The first-order valence-corrected chi connectivity index (χ1v) is 5.91. The highest BCUT2D eigenvalue weighted by Crippen LogP contribution is 2.11. The lowest BCUT2D eigenvalue weighted by atomic mass is 10.1. The lowest BCUT2D eigenvalue weighted by Gasteiger charge is -2.14. The highest BCUT2D eigenvalue weighted by atomic mass is 15.3. The van der Waals surface area contributed by atoms with Gasteiger partial charge >= 0.3 is 0 Å². The number of hydrogen-bond acceptors (Lipinski definition) is 3. The largest absolute Gasteiger partial charge is 0.305 e. The van der Waals surface area contributed by atoms with Crippen LogP contribution < -0.4 is 5.32 Å². The van der Waals surface area contributed by atoms with E-state index in [0.29, 0.717) is 5.56 Å². The molecule has 92 valence electrons. The van der Waals surface area contributed by atoms with Gasteiger partial charge in [0.1, 0.15) is 0 Å². The van der Waals surface area contributed by atoms with Gasteiger partial charge < -0.3 is 5.32 Å². The highest BCUT2D eigenvalue weighted by Gasteiger charge is 2.08. The number of nitrogens with one attached hydrogen (secondary N) is 1. The summed E-state index contributed by atoms with van der Waals surface area (Å²) in [5.74, 6) is 0. The van der Waals surface area contributed by atoms with Gasteiger partial charge in [-0.2, -0.15) is 10.4 Å². The normalized spacial score (nSPS) is 12.1. The summed E-state index contributed by atoms with van der Waals surface area (Å²) in [6, 6.07) is 12.0. The van der Waals surface area contributed by atoms with Crippen molar-refractivity contribution in [3.8, 4) is 6.07 Å². The maximum Gasteiger partial charge on any atom is 0.0991 e. The number of rotatable bonds is 4. The summed E-state index contributed by atoms with van der Waals surface area (Å²) in [6.07, 6.45) is 1.80. The van der Waals surface area contributed by atoms with E-state index in [1.165, 1.54) is 5.56 Å². The molecule has 0 spiro atoms. The van der Waals surface area contributed by atoms with Crippen LogP contribution >= 0.6 is 0 Å². The lowest BCUT2D eigenvalue weighted by molar-refractivity contribution is 0.530.